The van der Waals surface area contributed by atoms with Crippen LogP contribution in [0.15, 0.2) is 12.4 Å². The van der Waals surface area contributed by atoms with E-state index in [9.17, 15) is 4.79 Å². The van der Waals surface area contributed by atoms with Crippen LogP contribution in [-0.4, -0.2) is 35.3 Å². The highest BCUT2D eigenvalue weighted by atomic mass is 35.5. The molecule has 1 aromatic heterocycles. The van der Waals surface area contributed by atoms with Crippen molar-refractivity contribution < 1.29 is 4.79 Å². The molecule has 0 bridgehead atoms. The third kappa shape index (κ3) is 6.96. The smallest absolute Gasteiger partial charge is 0.220 e. The molecule has 0 saturated carbocycles. The largest absolute Gasteiger partial charge is 0.356 e. The van der Waals surface area contributed by atoms with Crippen LogP contribution in [0.2, 0.25) is 0 Å². The topological polar surface area (TPSA) is 59.0 Å². The van der Waals surface area contributed by atoms with Gasteiger partial charge in [-0.25, -0.2) is 0 Å². The number of halogens is 1. The zero-order valence-electron chi connectivity index (χ0n) is 12.8. The van der Waals surface area contributed by atoms with Crippen LogP contribution in [-0.2, 0) is 18.3 Å². The Bertz CT molecular complexity index is 416. The predicted molar refractivity (Wildman–Crippen MR) is 86.6 cm³/mol. The molecular formula is C15H27ClN4O. The summed E-state index contributed by atoms with van der Waals surface area (Å²) >= 11 is 0. The highest BCUT2D eigenvalue weighted by Crippen LogP contribution is 2.17. The minimum Gasteiger partial charge on any atom is -0.356 e. The van der Waals surface area contributed by atoms with Crippen LogP contribution in [0.5, 0.6) is 0 Å². The van der Waals surface area contributed by atoms with Crippen molar-refractivity contribution in [3.8, 4) is 0 Å². The zero-order chi connectivity index (χ0) is 14.2. The van der Waals surface area contributed by atoms with Gasteiger partial charge in [0.25, 0.3) is 0 Å². The SMILES string of the molecule is Cl.Cn1cc(CCCNC(=O)CCC2CCNCC2)cn1. The average Bonchev–Trinajstić information content (AvgIpc) is 2.88. The van der Waals surface area contributed by atoms with Gasteiger partial charge in [-0.05, 0) is 56.7 Å². The van der Waals surface area contributed by atoms with E-state index in [1.54, 1.807) is 0 Å². The lowest BCUT2D eigenvalue weighted by molar-refractivity contribution is -0.121. The lowest BCUT2D eigenvalue weighted by atomic mass is 9.93. The van der Waals surface area contributed by atoms with Crippen LogP contribution in [0.1, 0.15) is 37.7 Å². The number of aryl methyl sites for hydroxylation is 2. The van der Waals surface area contributed by atoms with Gasteiger partial charge in [0.05, 0.1) is 6.20 Å². The second kappa shape index (κ2) is 9.79. The maximum atomic E-state index is 11.8. The Balaban J connectivity index is 0.00000220. The molecule has 21 heavy (non-hydrogen) atoms. The molecule has 120 valence electrons. The molecule has 2 rings (SSSR count). The standard InChI is InChI=1S/C15H26N4O.ClH/c1-19-12-14(11-18-19)3-2-8-17-15(20)5-4-13-6-9-16-10-7-13;/h11-13,16H,2-10H2,1H3,(H,17,20);1H. The molecule has 0 atom stereocenters. The van der Waals surface area contributed by atoms with E-state index < -0.39 is 0 Å². The number of nitrogens with zero attached hydrogens (tertiary/aromatic N) is 2. The minimum absolute atomic E-state index is 0. The molecule has 0 aliphatic carbocycles. The van der Waals surface area contributed by atoms with Gasteiger partial charge in [0.15, 0.2) is 0 Å². The Morgan fingerprint density at radius 2 is 2.24 bits per heavy atom. The fourth-order valence-electron chi connectivity index (χ4n) is 2.72. The monoisotopic (exact) mass is 314 g/mol. The second-order valence-corrected chi connectivity index (χ2v) is 5.71. The van der Waals surface area contributed by atoms with Gasteiger partial charge in [-0.3, -0.25) is 9.48 Å². The van der Waals surface area contributed by atoms with Crippen LogP contribution < -0.4 is 10.6 Å². The van der Waals surface area contributed by atoms with Crippen molar-refractivity contribution in [1.82, 2.24) is 20.4 Å². The summed E-state index contributed by atoms with van der Waals surface area (Å²) in [6.45, 7) is 2.98. The molecule has 1 aliphatic rings. The first-order valence-electron chi connectivity index (χ1n) is 7.69. The fourth-order valence-corrected chi connectivity index (χ4v) is 2.72. The van der Waals surface area contributed by atoms with Gasteiger partial charge < -0.3 is 10.6 Å². The quantitative estimate of drug-likeness (QED) is 0.753. The summed E-state index contributed by atoms with van der Waals surface area (Å²) in [5.74, 6) is 0.937. The Labute approximate surface area is 133 Å². The third-order valence-electron chi connectivity index (χ3n) is 3.96. The van der Waals surface area contributed by atoms with Crippen LogP contribution in [0.3, 0.4) is 0 Å². The number of piperidine rings is 1. The number of carbonyl (C=O) groups is 1. The van der Waals surface area contributed by atoms with Crippen molar-refractivity contribution in [2.45, 2.75) is 38.5 Å². The first kappa shape index (κ1) is 18.0. The van der Waals surface area contributed by atoms with E-state index in [1.807, 2.05) is 24.1 Å². The predicted octanol–water partition coefficient (Wildman–Crippen LogP) is 1.67. The second-order valence-electron chi connectivity index (χ2n) is 5.71. The van der Waals surface area contributed by atoms with E-state index in [1.165, 1.54) is 18.4 Å². The molecule has 0 spiro atoms. The van der Waals surface area contributed by atoms with Gasteiger partial charge in [0.1, 0.15) is 0 Å². The maximum Gasteiger partial charge on any atom is 0.220 e. The average molecular weight is 315 g/mol. The van der Waals surface area contributed by atoms with Crippen molar-refractivity contribution in [1.29, 1.82) is 0 Å². The number of amides is 1. The molecule has 0 radical (unpaired) electrons. The maximum absolute atomic E-state index is 11.8. The number of nitrogens with one attached hydrogen (secondary N) is 2. The van der Waals surface area contributed by atoms with E-state index in [2.05, 4.69) is 15.7 Å². The number of carbonyl (C=O) groups excluding carboxylic acids is 1. The highest BCUT2D eigenvalue weighted by Gasteiger charge is 2.14. The molecule has 6 heteroatoms. The zero-order valence-corrected chi connectivity index (χ0v) is 13.6. The van der Waals surface area contributed by atoms with Gasteiger partial charge >= 0.3 is 0 Å². The van der Waals surface area contributed by atoms with Crippen molar-refractivity contribution in [2.24, 2.45) is 13.0 Å². The molecule has 1 amide bonds. The summed E-state index contributed by atoms with van der Waals surface area (Å²) < 4.78 is 1.81. The molecule has 0 aromatic carbocycles. The van der Waals surface area contributed by atoms with E-state index in [0.717, 1.165) is 44.8 Å². The molecule has 5 nitrogen and oxygen atoms in total. The van der Waals surface area contributed by atoms with Gasteiger partial charge in [0.2, 0.25) is 5.91 Å². The molecule has 1 aromatic rings. The lowest BCUT2D eigenvalue weighted by Crippen LogP contribution is -2.29. The summed E-state index contributed by atoms with van der Waals surface area (Å²) in [7, 11) is 1.92. The Kier molecular flexibility index (Phi) is 8.38. The number of hydrogen-bond donors (Lipinski definition) is 2. The van der Waals surface area contributed by atoms with Crippen LogP contribution in [0.4, 0.5) is 0 Å². The Hall–Kier alpha value is -1.07. The van der Waals surface area contributed by atoms with Gasteiger partial charge in [-0.1, -0.05) is 0 Å². The fraction of sp³-hybridized carbons (Fsp3) is 0.733. The minimum atomic E-state index is 0. The summed E-state index contributed by atoms with van der Waals surface area (Å²) in [5, 5.41) is 10.5. The van der Waals surface area contributed by atoms with Crippen molar-refractivity contribution in [3.05, 3.63) is 18.0 Å². The first-order chi connectivity index (χ1) is 9.74. The molecule has 1 aliphatic heterocycles. The molecule has 2 N–H and O–H groups in total. The van der Waals surface area contributed by atoms with Gasteiger partial charge in [0, 0.05) is 26.2 Å². The summed E-state index contributed by atoms with van der Waals surface area (Å²) in [6.07, 6.45) is 10.0. The van der Waals surface area contributed by atoms with Crippen molar-refractivity contribution in [3.63, 3.8) is 0 Å². The normalized spacial score (nSPS) is 15.5. The third-order valence-corrected chi connectivity index (χ3v) is 3.96. The van der Waals surface area contributed by atoms with E-state index in [4.69, 9.17) is 0 Å². The Morgan fingerprint density at radius 3 is 2.90 bits per heavy atom. The number of rotatable bonds is 7. The molecule has 2 heterocycles. The van der Waals surface area contributed by atoms with Crippen molar-refractivity contribution >= 4 is 18.3 Å². The highest BCUT2D eigenvalue weighted by molar-refractivity contribution is 5.85. The van der Waals surface area contributed by atoms with E-state index in [0.29, 0.717) is 6.42 Å². The number of aromatic nitrogens is 2. The van der Waals surface area contributed by atoms with Crippen LogP contribution in [0.25, 0.3) is 0 Å². The number of hydrogen-bond acceptors (Lipinski definition) is 3. The van der Waals surface area contributed by atoms with Gasteiger partial charge in [-0.2, -0.15) is 5.10 Å². The van der Waals surface area contributed by atoms with Crippen LogP contribution >= 0.6 is 12.4 Å². The summed E-state index contributed by atoms with van der Waals surface area (Å²) in [4.78, 5) is 11.8. The Morgan fingerprint density at radius 1 is 1.48 bits per heavy atom. The first-order valence-corrected chi connectivity index (χ1v) is 7.69. The summed E-state index contributed by atoms with van der Waals surface area (Å²) in [6, 6.07) is 0. The molecule has 1 saturated heterocycles. The molecule has 0 unspecified atom stereocenters. The van der Waals surface area contributed by atoms with Crippen molar-refractivity contribution in [2.75, 3.05) is 19.6 Å². The summed E-state index contributed by atoms with van der Waals surface area (Å²) in [5.41, 5.74) is 1.23. The lowest BCUT2D eigenvalue weighted by Gasteiger charge is -2.22. The van der Waals surface area contributed by atoms with E-state index in [-0.39, 0.29) is 18.3 Å². The molecular weight excluding hydrogens is 288 g/mol. The van der Waals surface area contributed by atoms with Gasteiger partial charge in [-0.15, -0.1) is 12.4 Å². The van der Waals surface area contributed by atoms with E-state index >= 15 is 0 Å². The van der Waals surface area contributed by atoms with Crippen LogP contribution in [0, 0.1) is 5.92 Å². The molecule has 1 fully saturated rings.